The Balaban J connectivity index is 1.57. The first-order valence-corrected chi connectivity index (χ1v) is 12.0. The minimum absolute atomic E-state index is 0.119. The number of phenols is 1. The van der Waals surface area contributed by atoms with Crippen molar-refractivity contribution in [1.29, 1.82) is 0 Å². The second-order valence-electron chi connectivity index (χ2n) is 8.70. The molecule has 178 valence electrons. The summed E-state index contributed by atoms with van der Waals surface area (Å²) in [6.07, 6.45) is 6.71. The van der Waals surface area contributed by atoms with Gasteiger partial charge in [0.15, 0.2) is 0 Å². The number of hydrogen-bond acceptors (Lipinski definition) is 5. The molecule has 2 N–H and O–H groups in total. The number of aromatic hydroxyl groups is 1. The summed E-state index contributed by atoms with van der Waals surface area (Å²) >= 11 is 0. The zero-order valence-electron chi connectivity index (χ0n) is 19.6. The van der Waals surface area contributed by atoms with Gasteiger partial charge in [0.1, 0.15) is 22.9 Å². The maximum absolute atomic E-state index is 13.6. The van der Waals surface area contributed by atoms with E-state index in [2.05, 4.69) is 22.1 Å². The number of rotatable bonds is 9. The van der Waals surface area contributed by atoms with E-state index in [1.165, 1.54) is 0 Å². The van der Waals surface area contributed by atoms with E-state index < -0.39 is 6.04 Å². The molecule has 0 fully saturated rings. The Morgan fingerprint density at radius 3 is 2.69 bits per heavy atom. The molecule has 0 saturated carbocycles. The summed E-state index contributed by atoms with van der Waals surface area (Å²) in [6, 6.07) is 18.4. The van der Waals surface area contributed by atoms with E-state index in [9.17, 15) is 9.90 Å². The zero-order chi connectivity index (χ0) is 24.2. The van der Waals surface area contributed by atoms with E-state index in [1.807, 2.05) is 53.4 Å². The van der Waals surface area contributed by atoms with Gasteiger partial charge in [0, 0.05) is 30.1 Å². The van der Waals surface area contributed by atoms with Gasteiger partial charge in [-0.2, -0.15) is 5.10 Å². The molecular formula is C28H28N4O3. The van der Waals surface area contributed by atoms with Crippen LogP contribution in [0.15, 0.2) is 73.1 Å². The van der Waals surface area contributed by atoms with Crippen molar-refractivity contribution >= 4 is 5.91 Å². The molecule has 0 spiro atoms. The van der Waals surface area contributed by atoms with Crippen molar-refractivity contribution in [1.82, 2.24) is 20.1 Å². The molecule has 5 rings (SSSR count). The molecule has 4 aromatic rings. The Morgan fingerprint density at radius 1 is 1.06 bits per heavy atom. The number of aromatic nitrogens is 3. The lowest BCUT2D eigenvalue weighted by atomic mass is 9.95. The molecule has 1 aliphatic heterocycles. The number of nitrogens with one attached hydrogen (secondary N) is 1. The van der Waals surface area contributed by atoms with Crippen LogP contribution in [0.2, 0.25) is 0 Å². The second kappa shape index (κ2) is 10.0. The van der Waals surface area contributed by atoms with Gasteiger partial charge in [-0.05, 0) is 53.9 Å². The molecule has 0 aliphatic carbocycles. The number of aromatic amines is 1. The molecule has 1 amide bonds. The Kier molecular flexibility index (Phi) is 6.48. The van der Waals surface area contributed by atoms with Crippen LogP contribution < -0.4 is 4.74 Å². The molecule has 7 nitrogen and oxygen atoms in total. The lowest BCUT2D eigenvalue weighted by Gasteiger charge is -2.27. The van der Waals surface area contributed by atoms with Gasteiger partial charge < -0.3 is 14.7 Å². The molecule has 7 heteroatoms. The topological polar surface area (TPSA) is 91.3 Å². The second-order valence-corrected chi connectivity index (χ2v) is 8.70. The smallest absolute Gasteiger partial charge is 0.273 e. The van der Waals surface area contributed by atoms with E-state index >= 15 is 0 Å². The van der Waals surface area contributed by atoms with Crippen LogP contribution in [0.3, 0.4) is 0 Å². The highest BCUT2D eigenvalue weighted by atomic mass is 16.5. The van der Waals surface area contributed by atoms with Crippen LogP contribution in [0.25, 0.3) is 11.3 Å². The summed E-state index contributed by atoms with van der Waals surface area (Å²) in [5.74, 6) is 0.759. The predicted octanol–water partition coefficient (Wildman–Crippen LogP) is 5.49. The molecule has 1 unspecified atom stereocenters. The maximum Gasteiger partial charge on any atom is 0.273 e. The highest BCUT2D eigenvalue weighted by Gasteiger charge is 2.42. The van der Waals surface area contributed by atoms with E-state index in [1.54, 1.807) is 24.5 Å². The first-order valence-electron chi connectivity index (χ1n) is 12.0. The summed E-state index contributed by atoms with van der Waals surface area (Å²) in [7, 11) is 0. The number of phenolic OH excluding ortho intramolecular Hbond substituents is 1. The summed E-state index contributed by atoms with van der Waals surface area (Å²) < 4.78 is 6.02. The van der Waals surface area contributed by atoms with Gasteiger partial charge in [-0.3, -0.25) is 14.9 Å². The molecule has 0 radical (unpaired) electrons. The number of H-pyrrole nitrogens is 1. The van der Waals surface area contributed by atoms with Crippen LogP contribution >= 0.6 is 0 Å². The minimum atomic E-state index is -0.391. The van der Waals surface area contributed by atoms with Gasteiger partial charge >= 0.3 is 0 Å². The maximum atomic E-state index is 13.6. The Bertz CT molecular complexity index is 1320. The van der Waals surface area contributed by atoms with Gasteiger partial charge in [-0.25, -0.2) is 0 Å². The van der Waals surface area contributed by atoms with Crippen molar-refractivity contribution in [2.24, 2.45) is 0 Å². The van der Waals surface area contributed by atoms with E-state index in [4.69, 9.17) is 4.74 Å². The molecule has 0 bridgehead atoms. The number of amides is 1. The monoisotopic (exact) mass is 468 g/mol. The van der Waals surface area contributed by atoms with E-state index in [0.717, 1.165) is 41.7 Å². The number of fused-ring (bicyclic) bond motifs is 1. The van der Waals surface area contributed by atoms with Crippen molar-refractivity contribution in [2.75, 3.05) is 6.61 Å². The number of carbonyl (C=O) groups excluding carboxylic acids is 1. The van der Waals surface area contributed by atoms with Crippen molar-refractivity contribution in [3.63, 3.8) is 0 Å². The number of nitrogens with zero attached hydrogens (tertiary/aromatic N) is 3. The molecule has 1 atom stereocenters. The summed E-state index contributed by atoms with van der Waals surface area (Å²) in [6.45, 7) is 3.23. The highest BCUT2D eigenvalue weighted by Crippen LogP contribution is 2.45. The number of unbranched alkanes of at least 4 members (excludes halogenated alkanes) is 2. The average Bonchev–Trinajstić information content (AvgIpc) is 3.42. The van der Waals surface area contributed by atoms with Gasteiger partial charge in [-0.15, -0.1) is 0 Å². The molecule has 3 heterocycles. The first kappa shape index (κ1) is 22.7. The number of ether oxygens (including phenoxy) is 1. The number of carbonyl (C=O) groups is 1. The molecule has 1 aliphatic rings. The third kappa shape index (κ3) is 4.49. The quantitative estimate of drug-likeness (QED) is 0.317. The van der Waals surface area contributed by atoms with Crippen molar-refractivity contribution in [2.45, 2.75) is 38.8 Å². The summed E-state index contributed by atoms with van der Waals surface area (Å²) in [5.41, 5.74) is 4.26. The van der Waals surface area contributed by atoms with Crippen LogP contribution in [0.4, 0.5) is 0 Å². The summed E-state index contributed by atoms with van der Waals surface area (Å²) in [5, 5.41) is 17.9. The molecule has 0 saturated heterocycles. The Hall–Kier alpha value is -4.13. The van der Waals surface area contributed by atoms with Crippen LogP contribution in [-0.2, 0) is 6.54 Å². The largest absolute Gasteiger partial charge is 0.507 e. The van der Waals surface area contributed by atoms with Crippen LogP contribution in [0, 0.1) is 0 Å². The van der Waals surface area contributed by atoms with Crippen LogP contribution in [0.5, 0.6) is 11.5 Å². The number of pyridine rings is 1. The van der Waals surface area contributed by atoms with E-state index in [-0.39, 0.29) is 11.7 Å². The third-order valence-electron chi connectivity index (χ3n) is 6.32. The molecule has 2 aromatic heterocycles. The fourth-order valence-corrected chi connectivity index (χ4v) is 4.59. The van der Waals surface area contributed by atoms with Gasteiger partial charge in [0.25, 0.3) is 5.91 Å². The molecule has 35 heavy (non-hydrogen) atoms. The van der Waals surface area contributed by atoms with Crippen LogP contribution in [0.1, 0.15) is 59.4 Å². The first-order chi connectivity index (χ1) is 17.2. The van der Waals surface area contributed by atoms with E-state index in [0.29, 0.717) is 30.1 Å². The molecular weight excluding hydrogens is 440 g/mol. The Morgan fingerprint density at radius 2 is 1.89 bits per heavy atom. The van der Waals surface area contributed by atoms with Crippen molar-refractivity contribution in [3.05, 3.63) is 95.4 Å². The number of para-hydroxylation sites is 1. The normalized spacial score (nSPS) is 14.8. The van der Waals surface area contributed by atoms with Crippen LogP contribution in [-0.4, -0.2) is 37.7 Å². The standard InChI is InChI=1S/C28H28N4O3/c1-2-3-6-16-35-21-9-7-8-20(17-21)27-24-25(22-10-4-5-11-23(22)33)30-31-26(24)28(34)32(27)18-19-12-14-29-15-13-19/h4-5,7-15,17,27,33H,2-3,6,16,18H2,1H3,(H,30,31). The van der Waals surface area contributed by atoms with Gasteiger partial charge in [0.2, 0.25) is 0 Å². The van der Waals surface area contributed by atoms with Gasteiger partial charge in [-0.1, -0.05) is 44.0 Å². The lowest BCUT2D eigenvalue weighted by molar-refractivity contribution is 0.0729. The fourth-order valence-electron chi connectivity index (χ4n) is 4.59. The fraction of sp³-hybridized carbons (Fsp3) is 0.250. The minimum Gasteiger partial charge on any atom is -0.507 e. The zero-order valence-corrected chi connectivity index (χ0v) is 19.6. The number of benzene rings is 2. The Labute approximate surface area is 204 Å². The van der Waals surface area contributed by atoms with Crippen molar-refractivity contribution < 1.29 is 14.6 Å². The SMILES string of the molecule is CCCCCOc1cccc(C2c3c(-c4ccccc4O)n[nH]c3C(=O)N2Cc2ccncc2)c1. The number of hydrogen-bond donors (Lipinski definition) is 2. The average molecular weight is 469 g/mol. The highest BCUT2D eigenvalue weighted by molar-refractivity contribution is 6.00. The van der Waals surface area contributed by atoms with Crippen molar-refractivity contribution in [3.8, 4) is 22.8 Å². The predicted molar refractivity (Wildman–Crippen MR) is 133 cm³/mol. The summed E-state index contributed by atoms with van der Waals surface area (Å²) in [4.78, 5) is 19.5. The lowest BCUT2D eigenvalue weighted by Crippen LogP contribution is -2.29. The molecule has 2 aromatic carbocycles. The third-order valence-corrected chi connectivity index (χ3v) is 6.32. The van der Waals surface area contributed by atoms with Gasteiger partial charge in [0.05, 0.1) is 12.6 Å².